The van der Waals surface area contributed by atoms with Gasteiger partial charge in [0.25, 0.3) is 0 Å². The van der Waals surface area contributed by atoms with Crippen LogP contribution in [0.4, 0.5) is 21.5 Å². The lowest BCUT2D eigenvalue weighted by Crippen LogP contribution is -2.26. The van der Waals surface area contributed by atoms with Crippen molar-refractivity contribution in [3.8, 4) is 28.3 Å². The van der Waals surface area contributed by atoms with Gasteiger partial charge in [-0.1, -0.05) is 84.9 Å². The monoisotopic (exact) mass is 526 g/mol. The topological polar surface area (TPSA) is 27.0 Å². The Kier molecular flexibility index (Phi) is 5.01. The van der Waals surface area contributed by atoms with E-state index in [1.54, 1.807) is 0 Å². The number of rotatable bonds is 3. The first-order chi connectivity index (χ1) is 20.2. The van der Waals surface area contributed by atoms with Crippen LogP contribution in [0.15, 0.2) is 140 Å². The van der Waals surface area contributed by atoms with Crippen molar-refractivity contribution in [2.45, 2.75) is 5.41 Å². The minimum absolute atomic E-state index is 0.282. The molecule has 2 aliphatic carbocycles. The Morgan fingerprint density at radius 1 is 0.512 bits per heavy atom. The predicted octanol–water partition coefficient (Wildman–Crippen LogP) is 9.51. The summed E-state index contributed by atoms with van der Waals surface area (Å²) >= 11 is 0. The first-order valence-corrected chi connectivity index (χ1v) is 13.7. The molecule has 0 saturated heterocycles. The van der Waals surface area contributed by atoms with E-state index < -0.39 is 5.41 Å². The number of halogens is 1. The van der Waals surface area contributed by atoms with Crippen LogP contribution in [0.25, 0.3) is 22.3 Å². The van der Waals surface area contributed by atoms with Crippen molar-refractivity contribution in [1.82, 2.24) is 0 Å². The fourth-order valence-electron chi connectivity index (χ4n) is 7.01. The van der Waals surface area contributed by atoms with Crippen molar-refractivity contribution in [2.75, 3.05) is 4.90 Å². The molecule has 0 radical (unpaired) electrons. The zero-order valence-electron chi connectivity index (χ0n) is 22.1. The van der Waals surface area contributed by atoms with Gasteiger partial charge in [-0.25, -0.2) is 4.39 Å². The molecule has 0 heterocycles. The predicted molar refractivity (Wildman–Crippen MR) is 162 cm³/mol. The summed E-state index contributed by atoms with van der Waals surface area (Å²) in [7, 11) is 0. The van der Waals surface area contributed by atoms with Crippen LogP contribution in [0.1, 0.15) is 27.8 Å². The minimum Gasteiger partial charge on any atom is -0.310 e. The highest BCUT2D eigenvalue weighted by Crippen LogP contribution is 2.64. The molecule has 2 nitrogen and oxygen atoms in total. The van der Waals surface area contributed by atoms with Gasteiger partial charge < -0.3 is 4.90 Å². The summed E-state index contributed by atoms with van der Waals surface area (Å²) in [6.07, 6.45) is 0. The molecular weight excluding hydrogens is 503 g/mol. The molecule has 192 valence electrons. The van der Waals surface area contributed by atoms with Gasteiger partial charge in [-0.2, -0.15) is 5.26 Å². The number of hydrogen-bond donors (Lipinski definition) is 0. The Labute approximate surface area is 238 Å². The summed E-state index contributed by atoms with van der Waals surface area (Å²) in [6, 6.07) is 49.2. The van der Waals surface area contributed by atoms with Crippen molar-refractivity contribution in [1.29, 1.82) is 5.26 Å². The molecule has 6 aromatic carbocycles. The molecule has 0 unspecified atom stereocenters. The van der Waals surface area contributed by atoms with Gasteiger partial charge in [-0.3, -0.25) is 0 Å². The number of hydrogen-bond acceptors (Lipinski definition) is 2. The van der Waals surface area contributed by atoms with Crippen LogP contribution in [0, 0.1) is 17.1 Å². The van der Waals surface area contributed by atoms with Crippen LogP contribution < -0.4 is 4.90 Å². The van der Waals surface area contributed by atoms with Gasteiger partial charge in [0.15, 0.2) is 0 Å². The van der Waals surface area contributed by atoms with Crippen LogP contribution in [0.3, 0.4) is 0 Å². The van der Waals surface area contributed by atoms with E-state index in [1.807, 2.05) is 36.4 Å². The second-order valence-corrected chi connectivity index (χ2v) is 10.6. The molecule has 1 spiro atoms. The molecule has 0 atom stereocenters. The molecule has 0 N–H and O–H groups in total. The zero-order chi connectivity index (χ0) is 27.6. The molecular formula is C38H23FN2. The second kappa shape index (κ2) is 8.78. The maximum atomic E-state index is 14.1. The SMILES string of the molecule is N#Cc1ccc(N(c2ccc(F)cc2)c2cccc3c2-c2ccccc2C32c3ccccc3-c3ccccc32)cc1. The molecule has 0 bridgehead atoms. The average molecular weight is 527 g/mol. The Balaban J connectivity index is 1.47. The van der Waals surface area contributed by atoms with Crippen LogP contribution in [0.5, 0.6) is 0 Å². The summed E-state index contributed by atoms with van der Waals surface area (Å²) in [5.41, 5.74) is 12.8. The summed E-state index contributed by atoms with van der Waals surface area (Å²) in [5, 5.41) is 9.44. The first-order valence-electron chi connectivity index (χ1n) is 13.7. The highest BCUT2D eigenvalue weighted by molar-refractivity contribution is 6.00. The standard InChI is InChI=1S/C38H23FN2/c39-26-18-22-28(23-19-26)41(27-20-16-25(24-40)17-21-27)36-15-7-14-35-37(36)31-10-3-6-13-34(31)38(35)32-11-4-1-8-29(32)30-9-2-5-12-33(30)38/h1-23H. The average Bonchev–Trinajstić information content (AvgIpc) is 3.50. The minimum atomic E-state index is -0.450. The fourth-order valence-corrected chi connectivity index (χ4v) is 7.01. The van der Waals surface area contributed by atoms with Crippen LogP contribution >= 0.6 is 0 Å². The lowest BCUT2D eigenvalue weighted by Gasteiger charge is -2.31. The Bertz CT molecular complexity index is 1970. The van der Waals surface area contributed by atoms with E-state index in [0.29, 0.717) is 5.56 Å². The van der Waals surface area contributed by atoms with Gasteiger partial charge in [0.2, 0.25) is 0 Å². The molecule has 2 aliphatic rings. The number of nitriles is 1. The molecule has 6 aromatic rings. The van der Waals surface area contributed by atoms with Crippen LogP contribution in [-0.4, -0.2) is 0 Å². The van der Waals surface area contributed by atoms with Gasteiger partial charge in [-0.15, -0.1) is 0 Å². The molecule has 0 amide bonds. The Morgan fingerprint density at radius 2 is 1.00 bits per heavy atom. The second-order valence-electron chi connectivity index (χ2n) is 10.6. The van der Waals surface area contributed by atoms with Gasteiger partial charge in [0, 0.05) is 16.9 Å². The van der Waals surface area contributed by atoms with Gasteiger partial charge >= 0.3 is 0 Å². The number of nitrogens with zero attached hydrogens (tertiary/aromatic N) is 2. The van der Waals surface area contributed by atoms with Crippen molar-refractivity contribution in [3.63, 3.8) is 0 Å². The van der Waals surface area contributed by atoms with Crippen LogP contribution in [-0.2, 0) is 5.41 Å². The quantitative estimate of drug-likeness (QED) is 0.229. The molecule has 0 aromatic heterocycles. The maximum Gasteiger partial charge on any atom is 0.123 e. The van der Waals surface area contributed by atoms with Crippen molar-refractivity contribution < 1.29 is 4.39 Å². The zero-order valence-corrected chi connectivity index (χ0v) is 22.1. The lowest BCUT2D eigenvalue weighted by molar-refractivity contribution is 0.628. The number of anilines is 3. The molecule has 0 fully saturated rings. The molecule has 8 rings (SSSR count). The van der Waals surface area contributed by atoms with Crippen molar-refractivity contribution >= 4 is 17.1 Å². The first kappa shape index (κ1) is 23.4. The largest absolute Gasteiger partial charge is 0.310 e. The third-order valence-corrected chi connectivity index (χ3v) is 8.58. The third kappa shape index (κ3) is 3.16. The van der Waals surface area contributed by atoms with Crippen molar-refractivity contribution in [2.24, 2.45) is 0 Å². The summed E-state index contributed by atoms with van der Waals surface area (Å²) < 4.78 is 14.1. The molecule has 41 heavy (non-hydrogen) atoms. The normalized spacial score (nSPS) is 13.2. The Hall–Kier alpha value is -5.46. The van der Waals surface area contributed by atoms with Gasteiger partial charge in [-0.05, 0) is 93.5 Å². The van der Waals surface area contributed by atoms with Gasteiger partial charge in [0.05, 0.1) is 22.7 Å². The van der Waals surface area contributed by atoms with E-state index in [-0.39, 0.29) is 5.82 Å². The summed E-state index contributed by atoms with van der Waals surface area (Å²) in [4.78, 5) is 2.17. The summed E-state index contributed by atoms with van der Waals surface area (Å²) in [6.45, 7) is 0. The van der Waals surface area contributed by atoms with E-state index >= 15 is 0 Å². The van der Waals surface area contributed by atoms with E-state index in [0.717, 1.165) is 22.6 Å². The lowest BCUT2D eigenvalue weighted by atomic mass is 9.70. The molecule has 0 saturated carbocycles. The third-order valence-electron chi connectivity index (χ3n) is 8.58. The van der Waals surface area contributed by atoms with E-state index in [4.69, 9.17) is 0 Å². The van der Waals surface area contributed by atoms with Crippen molar-refractivity contribution in [3.05, 3.63) is 173 Å². The number of fused-ring (bicyclic) bond motifs is 10. The molecule has 3 heteroatoms. The summed E-state index contributed by atoms with van der Waals surface area (Å²) in [5.74, 6) is -0.282. The smallest absolute Gasteiger partial charge is 0.123 e. The maximum absolute atomic E-state index is 14.1. The van der Waals surface area contributed by atoms with Gasteiger partial charge in [0.1, 0.15) is 5.82 Å². The Morgan fingerprint density at radius 3 is 1.59 bits per heavy atom. The van der Waals surface area contributed by atoms with Crippen LogP contribution in [0.2, 0.25) is 0 Å². The van der Waals surface area contributed by atoms with E-state index in [2.05, 4.69) is 102 Å². The number of benzene rings is 6. The highest BCUT2D eigenvalue weighted by atomic mass is 19.1. The highest BCUT2D eigenvalue weighted by Gasteiger charge is 2.52. The van der Waals surface area contributed by atoms with E-state index in [1.165, 1.54) is 51.1 Å². The fraction of sp³-hybridized carbons (Fsp3) is 0.0263. The molecule has 0 aliphatic heterocycles. The van der Waals surface area contributed by atoms with E-state index in [9.17, 15) is 9.65 Å².